The summed E-state index contributed by atoms with van der Waals surface area (Å²) in [4.78, 5) is 13.8. The number of thiophene rings is 1. The third-order valence-electron chi connectivity index (χ3n) is 4.81. The molecule has 6 nitrogen and oxygen atoms in total. The Morgan fingerprint density at radius 2 is 2.12 bits per heavy atom. The lowest BCUT2D eigenvalue weighted by molar-refractivity contribution is 0.0946. The highest BCUT2D eigenvalue weighted by atomic mass is 32.2. The fourth-order valence-electron chi connectivity index (χ4n) is 3.59. The lowest BCUT2D eigenvalue weighted by Crippen LogP contribution is -2.35. The Bertz CT molecular complexity index is 933. The molecule has 128 valence electrons. The summed E-state index contributed by atoms with van der Waals surface area (Å²) in [5.74, 6) is 4.54. The van der Waals surface area contributed by atoms with Crippen LogP contribution < -0.4 is 11.1 Å². The van der Waals surface area contributed by atoms with Crippen LogP contribution in [0, 0.1) is 0 Å². The minimum Gasteiger partial charge on any atom is -0.397 e. The van der Waals surface area contributed by atoms with Crippen molar-refractivity contribution in [3.63, 3.8) is 0 Å². The zero-order chi connectivity index (χ0) is 16.9. The van der Waals surface area contributed by atoms with Crippen LogP contribution in [0.5, 0.6) is 0 Å². The van der Waals surface area contributed by atoms with E-state index in [9.17, 15) is 9.00 Å². The zero-order valence-electron chi connectivity index (χ0n) is 13.3. The van der Waals surface area contributed by atoms with Crippen molar-refractivity contribution in [2.45, 2.75) is 38.1 Å². The number of aromatic nitrogens is 2. The Hall–Kier alpha value is -1.67. The predicted molar refractivity (Wildman–Crippen MR) is 99.3 cm³/mol. The van der Waals surface area contributed by atoms with Gasteiger partial charge in [-0.3, -0.25) is 9.00 Å². The molecule has 1 aliphatic heterocycles. The van der Waals surface area contributed by atoms with Crippen LogP contribution in [0.4, 0.5) is 5.69 Å². The third kappa shape index (κ3) is 2.67. The van der Waals surface area contributed by atoms with Crippen LogP contribution in [0.2, 0.25) is 0 Å². The second-order valence-electron chi connectivity index (χ2n) is 6.65. The maximum Gasteiger partial charge on any atom is 0.263 e. The Morgan fingerprint density at radius 1 is 1.33 bits per heavy atom. The van der Waals surface area contributed by atoms with Gasteiger partial charge in [-0.25, -0.2) is 0 Å². The molecule has 2 aromatic rings. The predicted octanol–water partition coefficient (Wildman–Crippen LogP) is 1.37. The van der Waals surface area contributed by atoms with E-state index < -0.39 is 9.52 Å². The highest BCUT2D eigenvalue weighted by Crippen LogP contribution is 2.37. The second-order valence-corrected chi connectivity index (χ2v) is 10.3. The number of nitrogens with zero attached hydrogens (tertiary/aromatic N) is 2. The van der Waals surface area contributed by atoms with Gasteiger partial charge in [0.05, 0.1) is 11.4 Å². The molecule has 0 saturated carbocycles. The van der Waals surface area contributed by atoms with Crippen molar-refractivity contribution in [3.05, 3.63) is 16.1 Å². The molecule has 4 rings (SSSR count). The summed E-state index contributed by atoms with van der Waals surface area (Å²) >= 11 is 1.29. The van der Waals surface area contributed by atoms with Gasteiger partial charge >= 0.3 is 0 Å². The third-order valence-corrected chi connectivity index (χ3v) is 7.89. The quantitative estimate of drug-likeness (QED) is 0.785. The first-order chi connectivity index (χ1) is 11.4. The number of hydrogen-bond acceptors (Lipinski definition) is 6. The van der Waals surface area contributed by atoms with Gasteiger partial charge in [0.1, 0.15) is 9.71 Å². The summed E-state index contributed by atoms with van der Waals surface area (Å²) in [7, 11) is -2.04. The maximum atomic E-state index is 12.6. The zero-order valence-corrected chi connectivity index (χ0v) is 15.0. The van der Waals surface area contributed by atoms with Gasteiger partial charge in [-0.1, -0.05) is 0 Å². The van der Waals surface area contributed by atoms with Crippen molar-refractivity contribution in [2.24, 2.45) is 0 Å². The van der Waals surface area contributed by atoms with Crippen molar-refractivity contribution in [1.29, 1.82) is 0 Å². The number of fused-ring (bicyclic) bond motifs is 3. The molecule has 24 heavy (non-hydrogen) atoms. The molecule has 1 fully saturated rings. The van der Waals surface area contributed by atoms with E-state index in [2.05, 4.69) is 21.4 Å². The Labute approximate surface area is 144 Å². The first-order valence-electron chi connectivity index (χ1n) is 8.14. The fraction of sp³-hybridized carbons (Fsp3) is 0.500. The van der Waals surface area contributed by atoms with Gasteiger partial charge in [0.25, 0.3) is 5.91 Å². The number of anilines is 1. The van der Waals surface area contributed by atoms with Crippen LogP contribution in [-0.2, 0) is 22.4 Å². The molecule has 0 bridgehead atoms. The molecule has 3 N–H and O–H groups in total. The standard InChI is InChI=1S/C16H20N4O2S2/c1-24(22)7-6-9(8-24)18-15(21)14-13(17)12-10-4-2-3-5-11(10)19-20-16(12)23-14/h9H,1-8,17H2,(H,18,21). The molecule has 2 aromatic heterocycles. The fourth-order valence-corrected chi connectivity index (χ4v) is 6.43. The van der Waals surface area contributed by atoms with Crippen molar-refractivity contribution in [2.75, 3.05) is 17.2 Å². The number of rotatable bonds is 2. The number of hydrogen-bond donors (Lipinski definition) is 2. The van der Waals surface area contributed by atoms with Crippen molar-refractivity contribution >= 4 is 48.5 Å². The Balaban J connectivity index is 1.67. The van der Waals surface area contributed by atoms with Crippen LogP contribution in [-0.4, -0.2) is 43.7 Å². The largest absolute Gasteiger partial charge is 0.397 e. The highest BCUT2D eigenvalue weighted by molar-refractivity contribution is 8.00. The first kappa shape index (κ1) is 15.8. The Kier molecular flexibility index (Phi) is 3.76. The molecule has 2 atom stereocenters. The van der Waals surface area contributed by atoms with Gasteiger partial charge in [0.15, 0.2) is 0 Å². The van der Waals surface area contributed by atoms with E-state index in [1.165, 1.54) is 11.3 Å². The minimum atomic E-state index is -2.04. The molecule has 1 saturated heterocycles. The van der Waals surface area contributed by atoms with E-state index in [1.807, 2.05) is 0 Å². The van der Waals surface area contributed by atoms with E-state index in [1.54, 1.807) is 0 Å². The summed E-state index contributed by atoms with van der Waals surface area (Å²) in [6.45, 7) is 0. The second kappa shape index (κ2) is 5.70. The van der Waals surface area contributed by atoms with Crippen molar-refractivity contribution in [3.8, 4) is 0 Å². The number of aryl methyl sites for hydroxylation is 2. The smallest absolute Gasteiger partial charge is 0.263 e. The summed E-state index contributed by atoms with van der Waals surface area (Å²) in [6.07, 6.45) is 4.81. The lowest BCUT2D eigenvalue weighted by atomic mass is 9.94. The molecule has 3 heterocycles. The SMILES string of the molecule is C=S1(=O)CCC(NC(=O)c2sc3nnc4c(c3c2N)CCCC4)C1. The molecule has 0 radical (unpaired) electrons. The average Bonchev–Trinajstić information content (AvgIpc) is 3.07. The molecule has 2 unspecified atom stereocenters. The topological polar surface area (TPSA) is 98.0 Å². The molecule has 0 aromatic carbocycles. The summed E-state index contributed by atoms with van der Waals surface area (Å²) < 4.78 is 12.0. The van der Waals surface area contributed by atoms with Crippen LogP contribution in [0.25, 0.3) is 10.2 Å². The summed E-state index contributed by atoms with van der Waals surface area (Å²) in [6, 6.07) is -0.0906. The van der Waals surface area contributed by atoms with Crippen molar-refractivity contribution in [1.82, 2.24) is 15.5 Å². The monoisotopic (exact) mass is 364 g/mol. The summed E-state index contributed by atoms with van der Waals surface area (Å²) in [5.41, 5.74) is 8.98. The van der Waals surface area contributed by atoms with Crippen LogP contribution in [0.1, 0.15) is 40.2 Å². The molecule has 1 aliphatic carbocycles. The Morgan fingerprint density at radius 3 is 2.88 bits per heavy atom. The van der Waals surface area contributed by atoms with Gasteiger partial charge in [-0.05, 0) is 53.1 Å². The van der Waals surface area contributed by atoms with E-state index >= 15 is 0 Å². The molecule has 8 heteroatoms. The number of amides is 1. The normalized spacial score (nSPS) is 26.4. The molecular formula is C16H20N4O2S2. The van der Waals surface area contributed by atoms with Gasteiger partial charge < -0.3 is 11.1 Å². The molecule has 1 amide bonds. The van der Waals surface area contributed by atoms with Crippen LogP contribution in [0.15, 0.2) is 0 Å². The molecule has 0 spiro atoms. The number of nitrogens with one attached hydrogen (secondary N) is 1. The van der Waals surface area contributed by atoms with E-state index in [4.69, 9.17) is 5.73 Å². The van der Waals surface area contributed by atoms with Gasteiger partial charge in [-0.15, -0.1) is 16.4 Å². The molecule has 2 aliphatic rings. The maximum absolute atomic E-state index is 12.6. The lowest BCUT2D eigenvalue weighted by Gasteiger charge is -2.14. The van der Waals surface area contributed by atoms with Gasteiger partial charge in [0, 0.05) is 22.9 Å². The summed E-state index contributed by atoms with van der Waals surface area (Å²) in [5, 5.41) is 12.4. The number of nitrogens with two attached hydrogens (primary N) is 1. The number of nitrogen functional groups attached to an aromatic ring is 1. The number of carbonyl (C=O) groups is 1. The van der Waals surface area contributed by atoms with E-state index in [-0.39, 0.29) is 11.9 Å². The minimum absolute atomic E-state index is 0.0906. The first-order valence-corrected chi connectivity index (χ1v) is 11.0. The highest BCUT2D eigenvalue weighted by Gasteiger charge is 2.28. The van der Waals surface area contributed by atoms with E-state index in [0.29, 0.717) is 28.5 Å². The van der Waals surface area contributed by atoms with Crippen molar-refractivity contribution < 1.29 is 9.00 Å². The molecular weight excluding hydrogens is 344 g/mol. The van der Waals surface area contributed by atoms with Gasteiger partial charge in [-0.2, -0.15) is 5.10 Å². The van der Waals surface area contributed by atoms with Crippen LogP contribution >= 0.6 is 11.3 Å². The average molecular weight is 364 g/mol. The number of carbonyl (C=O) groups excluding carboxylic acids is 1. The van der Waals surface area contributed by atoms with E-state index in [0.717, 1.165) is 47.2 Å². The van der Waals surface area contributed by atoms with Crippen LogP contribution in [0.3, 0.4) is 0 Å². The van der Waals surface area contributed by atoms with Gasteiger partial charge in [0.2, 0.25) is 0 Å².